The summed E-state index contributed by atoms with van der Waals surface area (Å²) in [4.78, 5) is 12.5. The number of carbonyl (C=O) groups excluding carboxylic acids is 1. The van der Waals surface area contributed by atoms with E-state index in [4.69, 9.17) is 11.6 Å². The predicted molar refractivity (Wildman–Crippen MR) is 88.8 cm³/mol. The molecule has 1 amide bonds. The second kappa shape index (κ2) is 8.77. The number of nitrogens with one attached hydrogen (secondary N) is 1. The Hall–Kier alpha value is 0.0439. The molecule has 0 saturated carbocycles. The zero-order valence-electron chi connectivity index (χ0n) is 13.9. The van der Waals surface area contributed by atoms with Crippen molar-refractivity contribution in [1.29, 1.82) is 0 Å². The number of quaternary nitrogens is 1. The molecule has 1 aliphatic heterocycles. The first-order chi connectivity index (χ1) is 9.96. The van der Waals surface area contributed by atoms with E-state index in [2.05, 4.69) is 12.2 Å². The zero-order valence-corrected chi connectivity index (χ0v) is 17.5. The maximum absolute atomic E-state index is 12.5. The molecule has 1 radical (unpaired) electrons. The van der Waals surface area contributed by atoms with E-state index >= 15 is 0 Å². The van der Waals surface area contributed by atoms with E-state index in [1.54, 1.807) is 0 Å². The fraction of sp³-hybridized carbons (Fsp3) is 0.588. The molecule has 1 aromatic carbocycles. The van der Waals surface area contributed by atoms with E-state index in [-0.39, 0.29) is 38.6 Å². The number of aryl methyl sites for hydroxylation is 2. The molecule has 0 spiro atoms. The summed E-state index contributed by atoms with van der Waals surface area (Å²) >= 11 is 6.04. The summed E-state index contributed by atoms with van der Waals surface area (Å²) in [6.07, 6.45) is 3.78. The number of anilines is 1. The maximum Gasteiger partial charge on any atom is 0.279 e. The summed E-state index contributed by atoms with van der Waals surface area (Å²) in [5, 5.41) is 3.82. The first-order valence-electron chi connectivity index (χ1n) is 7.87. The standard InChI is InChI=1S/C17H25ClN2O.Y/c1-4-20(8-6-5-7-9-20)12-16(21)19-17-13(2)10-15(18)11-14(17)3;/h10-11H,4-9,12H2,1-3H3;/p+1. The van der Waals surface area contributed by atoms with Crippen molar-refractivity contribution in [2.75, 3.05) is 31.5 Å². The first-order valence-corrected chi connectivity index (χ1v) is 8.25. The SMILES string of the molecule is CC[N+]1(CC(=O)Nc2c(C)cc(Cl)cc2C)CCCCC1.[Y]. The van der Waals surface area contributed by atoms with Gasteiger partial charge < -0.3 is 9.80 Å². The molecule has 1 aromatic rings. The Bertz CT molecular complexity index is 504. The van der Waals surface area contributed by atoms with E-state index in [1.165, 1.54) is 19.3 Å². The molecule has 22 heavy (non-hydrogen) atoms. The summed E-state index contributed by atoms with van der Waals surface area (Å²) < 4.78 is 0.928. The van der Waals surface area contributed by atoms with Crippen LogP contribution in [0.1, 0.15) is 37.3 Å². The summed E-state index contributed by atoms with van der Waals surface area (Å²) in [5.41, 5.74) is 2.96. The zero-order chi connectivity index (χ0) is 15.5. The van der Waals surface area contributed by atoms with Gasteiger partial charge in [0.1, 0.15) is 0 Å². The molecule has 1 aliphatic rings. The molecule has 1 N–H and O–H groups in total. The van der Waals surface area contributed by atoms with Crippen LogP contribution in [0.4, 0.5) is 5.69 Å². The topological polar surface area (TPSA) is 29.1 Å². The monoisotopic (exact) mass is 398 g/mol. The number of hydrogen-bond donors (Lipinski definition) is 1. The molecule has 0 atom stereocenters. The summed E-state index contributed by atoms with van der Waals surface area (Å²) in [7, 11) is 0. The summed E-state index contributed by atoms with van der Waals surface area (Å²) in [5.74, 6) is 0.118. The Morgan fingerprint density at radius 2 is 1.73 bits per heavy atom. The Balaban J connectivity index is 0.00000242. The molecular weight excluding hydrogens is 373 g/mol. The molecule has 5 heteroatoms. The Morgan fingerprint density at radius 3 is 2.23 bits per heavy atom. The third-order valence-electron chi connectivity index (χ3n) is 4.68. The van der Waals surface area contributed by atoms with Crippen LogP contribution in [0.3, 0.4) is 0 Å². The number of halogens is 1. The number of benzene rings is 1. The van der Waals surface area contributed by atoms with Gasteiger partial charge >= 0.3 is 0 Å². The molecule has 2 rings (SSSR count). The van der Waals surface area contributed by atoms with Gasteiger partial charge in [-0.1, -0.05) is 11.6 Å². The van der Waals surface area contributed by atoms with Gasteiger partial charge in [-0.2, -0.15) is 0 Å². The number of piperidine rings is 1. The van der Waals surface area contributed by atoms with Crippen molar-refractivity contribution in [3.8, 4) is 0 Å². The van der Waals surface area contributed by atoms with Crippen LogP contribution in [-0.4, -0.2) is 36.6 Å². The van der Waals surface area contributed by atoms with Crippen molar-refractivity contribution in [1.82, 2.24) is 0 Å². The molecule has 3 nitrogen and oxygen atoms in total. The van der Waals surface area contributed by atoms with E-state index in [0.29, 0.717) is 6.54 Å². The molecule has 1 saturated heterocycles. The largest absolute Gasteiger partial charge is 0.321 e. The minimum Gasteiger partial charge on any atom is -0.321 e. The minimum atomic E-state index is 0. The number of amides is 1. The van der Waals surface area contributed by atoms with Gasteiger partial charge in [0.25, 0.3) is 5.91 Å². The van der Waals surface area contributed by atoms with Crippen molar-refractivity contribution in [2.24, 2.45) is 0 Å². The Morgan fingerprint density at radius 1 is 1.18 bits per heavy atom. The minimum absolute atomic E-state index is 0. The number of likely N-dealkylation sites (tertiary alicyclic amines) is 1. The average Bonchev–Trinajstić information content (AvgIpc) is 2.44. The van der Waals surface area contributed by atoms with Gasteiger partial charge in [-0.15, -0.1) is 0 Å². The third-order valence-corrected chi connectivity index (χ3v) is 4.89. The third kappa shape index (κ3) is 5.02. The van der Waals surface area contributed by atoms with Gasteiger partial charge in [-0.25, -0.2) is 0 Å². The maximum atomic E-state index is 12.5. The van der Waals surface area contributed by atoms with E-state index in [9.17, 15) is 4.79 Å². The van der Waals surface area contributed by atoms with Gasteiger partial charge in [-0.3, -0.25) is 4.79 Å². The summed E-state index contributed by atoms with van der Waals surface area (Å²) in [6.45, 7) is 10.0. The van der Waals surface area contributed by atoms with Crippen molar-refractivity contribution in [3.05, 3.63) is 28.3 Å². The van der Waals surface area contributed by atoms with Gasteiger partial charge in [0.05, 0.1) is 19.6 Å². The molecule has 0 aliphatic carbocycles. The Kier molecular flexibility index (Phi) is 8.01. The summed E-state index contributed by atoms with van der Waals surface area (Å²) in [6, 6.07) is 3.80. The van der Waals surface area contributed by atoms with Crippen molar-refractivity contribution in [3.63, 3.8) is 0 Å². The smallest absolute Gasteiger partial charge is 0.279 e. The number of likely N-dealkylation sites (N-methyl/N-ethyl adjacent to an activating group) is 1. The molecule has 1 heterocycles. The van der Waals surface area contributed by atoms with Crippen LogP contribution in [0.5, 0.6) is 0 Å². The predicted octanol–water partition coefficient (Wildman–Crippen LogP) is 3.91. The fourth-order valence-corrected chi connectivity index (χ4v) is 3.69. The van der Waals surface area contributed by atoms with Crippen molar-refractivity contribution in [2.45, 2.75) is 40.0 Å². The van der Waals surface area contributed by atoms with E-state index in [1.807, 2.05) is 26.0 Å². The fourth-order valence-electron chi connectivity index (χ4n) is 3.36. The molecule has 0 unspecified atom stereocenters. The van der Waals surface area contributed by atoms with E-state index in [0.717, 1.165) is 46.0 Å². The average molecular weight is 399 g/mol. The number of nitrogens with zero attached hydrogens (tertiary/aromatic N) is 1. The quantitative estimate of drug-likeness (QED) is 0.765. The number of rotatable bonds is 4. The molecular formula is C17H26ClN2OY+. The number of hydrogen-bond acceptors (Lipinski definition) is 1. The number of carbonyl (C=O) groups is 1. The van der Waals surface area contributed by atoms with Crippen LogP contribution < -0.4 is 5.32 Å². The Labute approximate surface area is 164 Å². The van der Waals surface area contributed by atoms with Crippen molar-refractivity contribution < 1.29 is 42.0 Å². The second-order valence-corrected chi connectivity index (χ2v) is 6.72. The van der Waals surface area contributed by atoms with Gasteiger partial charge in [-0.05, 0) is 63.3 Å². The van der Waals surface area contributed by atoms with Gasteiger partial charge in [0.2, 0.25) is 0 Å². The molecule has 0 aromatic heterocycles. The van der Waals surface area contributed by atoms with Crippen LogP contribution in [0.25, 0.3) is 0 Å². The normalized spacial score (nSPS) is 16.7. The molecule has 1 fully saturated rings. The second-order valence-electron chi connectivity index (χ2n) is 6.29. The van der Waals surface area contributed by atoms with Crippen LogP contribution in [0, 0.1) is 13.8 Å². The van der Waals surface area contributed by atoms with Crippen LogP contribution in [0.15, 0.2) is 12.1 Å². The van der Waals surface area contributed by atoms with Crippen LogP contribution >= 0.6 is 11.6 Å². The van der Waals surface area contributed by atoms with Gasteiger partial charge in [0.15, 0.2) is 6.54 Å². The molecule has 0 bridgehead atoms. The van der Waals surface area contributed by atoms with Crippen LogP contribution in [-0.2, 0) is 37.5 Å². The van der Waals surface area contributed by atoms with Crippen LogP contribution in [0.2, 0.25) is 5.02 Å². The first kappa shape index (κ1) is 20.1. The van der Waals surface area contributed by atoms with Gasteiger partial charge in [0, 0.05) is 43.4 Å². The molecule has 119 valence electrons. The van der Waals surface area contributed by atoms with E-state index < -0.39 is 0 Å². The van der Waals surface area contributed by atoms with Crippen molar-refractivity contribution >= 4 is 23.2 Å².